The van der Waals surface area contributed by atoms with E-state index in [0.29, 0.717) is 0 Å². The zero-order valence-corrected chi connectivity index (χ0v) is 19.6. The van der Waals surface area contributed by atoms with Crippen LogP contribution in [0.1, 0.15) is 37.6 Å². The van der Waals surface area contributed by atoms with Crippen molar-refractivity contribution in [1.82, 2.24) is 4.90 Å². The summed E-state index contributed by atoms with van der Waals surface area (Å²) in [5.74, 6) is -0.352. The highest BCUT2D eigenvalue weighted by Crippen LogP contribution is 2.38. The van der Waals surface area contributed by atoms with E-state index >= 15 is 0 Å². The third-order valence-electron chi connectivity index (χ3n) is 5.88. The van der Waals surface area contributed by atoms with Gasteiger partial charge in [-0.15, -0.1) is 0 Å². The molecule has 0 unspecified atom stereocenters. The molecule has 0 bridgehead atoms. The summed E-state index contributed by atoms with van der Waals surface area (Å²) in [6.07, 6.45) is 0.168. The number of hydrogen-bond acceptors (Lipinski definition) is 7. The van der Waals surface area contributed by atoms with Crippen LogP contribution in [0.3, 0.4) is 0 Å². The van der Waals surface area contributed by atoms with Crippen LogP contribution in [0.2, 0.25) is 18.1 Å². The fourth-order valence-corrected chi connectivity index (χ4v) is 4.05. The third-order valence-corrected chi connectivity index (χ3v) is 10.4. The Bertz CT molecular complexity index is 848. The Balaban J connectivity index is 2.36. The summed E-state index contributed by atoms with van der Waals surface area (Å²) in [6, 6.07) is 1.98. The molecule has 10 heteroatoms. The lowest BCUT2D eigenvalue weighted by Crippen LogP contribution is -2.46. The van der Waals surface area contributed by atoms with Crippen molar-refractivity contribution in [2.45, 2.75) is 51.4 Å². The minimum atomic E-state index is -2.09. The van der Waals surface area contributed by atoms with Crippen LogP contribution < -0.4 is 9.47 Å². The predicted octanol–water partition coefficient (Wildman–Crippen LogP) is 3.42. The Morgan fingerprint density at radius 3 is 2.30 bits per heavy atom. The van der Waals surface area contributed by atoms with E-state index in [1.54, 1.807) is 0 Å². The molecule has 1 aromatic rings. The van der Waals surface area contributed by atoms with Crippen molar-refractivity contribution in [2.24, 2.45) is 0 Å². The first-order valence-corrected chi connectivity index (χ1v) is 12.6. The number of nitrogens with zero attached hydrogens (tertiary/aromatic N) is 2. The smallest absolute Gasteiger partial charge is 0.286 e. The van der Waals surface area contributed by atoms with Crippen LogP contribution in [0.5, 0.6) is 11.5 Å². The Hall–Kier alpha value is -2.46. The molecule has 30 heavy (non-hydrogen) atoms. The second kappa shape index (κ2) is 8.72. The van der Waals surface area contributed by atoms with E-state index in [-0.39, 0.29) is 47.5 Å². The molecule has 1 heterocycles. The monoisotopic (exact) mass is 438 g/mol. The molecule has 0 saturated carbocycles. The summed E-state index contributed by atoms with van der Waals surface area (Å²) >= 11 is 0. The van der Waals surface area contributed by atoms with E-state index in [4.69, 9.17) is 13.9 Å². The van der Waals surface area contributed by atoms with Gasteiger partial charge >= 0.3 is 0 Å². The van der Waals surface area contributed by atoms with Crippen molar-refractivity contribution >= 4 is 25.7 Å². The Morgan fingerprint density at radius 1 is 1.23 bits per heavy atom. The predicted molar refractivity (Wildman–Crippen MR) is 114 cm³/mol. The largest absolute Gasteiger partial charge is 0.493 e. The van der Waals surface area contributed by atoms with Crippen molar-refractivity contribution in [3.63, 3.8) is 0 Å². The molecule has 0 spiro atoms. The molecule has 2 rings (SSSR count). The molecule has 166 valence electrons. The summed E-state index contributed by atoms with van der Waals surface area (Å²) < 4.78 is 16.5. The second-order valence-corrected chi connectivity index (χ2v) is 13.7. The third kappa shape index (κ3) is 4.81. The van der Waals surface area contributed by atoms with Gasteiger partial charge in [0.15, 0.2) is 25.6 Å². The van der Waals surface area contributed by atoms with Crippen LogP contribution in [0.25, 0.3) is 0 Å². The van der Waals surface area contributed by atoms with E-state index in [1.807, 2.05) is 0 Å². The average Bonchev–Trinajstić information content (AvgIpc) is 3.04. The van der Waals surface area contributed by atoms with E-state index in [0.717, 1.165) is 6.07 Å². The number of rotatable bonds is 7. The van der Waals surface area contributed by atoms with Gasteiger partial charge in [-0.2, -0.15) is 0 Å². The standard InChI is InChI=1S/C20H30N2O7Si/c1-20(2,3)30(6,7)29-12-13-8-14(23)11-21(13)19(24)15-9-17(27-4)18(28-5)10-16(15)22(25)26/h9-10,13H,8,11-12H2,1-7H3/t13-/m0/s1. The minimum Gasteiger partial charge on any atom is -0.493 e. The fourth-order valence-electron chi connectivity index (χ4n) is 3.01. The molecule has 1 amide bonds. The van der Waals surface area contributed by atoms with Gasteiger partial charge in [0, 0.05) is 12.5 Å². The molecular weight excluding hydrogens is 408 g/mol. The lowest BCUT2D eigenvalue weighted by molar-refractivity contribution is -0.385. The highest BCUT2D eigenvalue weighted by molar-refractivity contribution is 6.74. The van der Waals surface area contributed by atoms with Crippen LogP contribution in [-0.2, 0) is 9.22 Å². The highest BCUT2D eigenvalue weighted by atomic mass is 28.4. The van der Waals surface area contributed by atoms with Crippen LogP contribution in [0.15, 0.2) is 12.1 Å². The normalized spacial score (nSPS) is 17.2. The van der Waals surface area contributed by atoms with Crippen molar-refractivity contribution < 1.29 is 28.4 Å². The molecule has 0 aromatic heterocycles. The number of amides is 1. The molecule has 1 atom stereocenters. The highest BCUT2D eigenvalue weighted by Gasteiger charge is 2.41. The summed E-state index contributed by atoms with van der Waals surface area (Å²) in [5.41, 5.74) is -0.550. The molecule has 1 saturated heterocycles. The number of carbonyl (C=O) groups excluding carboxylic acids is 2. The zero-order valence-electron chi connectivity index (χ0n) is 18.6. The molecular formula is C20H30N2O7Si. The second-order valence-electron chi connectivity index (χ2n) is 8.88. The number of benzene rings is 1. The Morgan fingerprint density at radius 2 is 1.80 bits per heavy atom. The van der Waals surface area contributed by atoms with Gasteiger partial charge in [-0.25, -0.2) is 0 Å². The van der Waals surface area contributed by atoms with E-state index in [2.05, 4.69) is 33.9 Å². The van der Waals surface area contributed by atoms with Gasteiger partial charge in [-0.1, -0.05) is 20.8 Å². The van der Waals surface area contributed by atoms with Crippen molar-refractivity contribution in [2.75, 3.05) is 27.4 Å². The molecule has 9 nitrogen and oxygen atoms in total. The number of nitro benzene ring substituents is 1. The maximum Gasteiger partial charge on any atom is 0.286 e. The van der Waals surface area contributed by atoms with Crippen molar-refractivity contribution in [3.05, 3.63) is 27.8 Å². The summed E-state index contributed by atoms with van der Waals surface area (Å²) in [7, 11) is 0.652. The maximum atomic E-state index is 13.2. The van der Waals surface area contributed by atoms with Crippen molar-refractivity contribution in [1.29, 1.82) is 0 Å². The van der Waals surface area contributed by atoms with Gasteiger partial charge in [0.05, 0.1) is 44.4 Å². The molecule has 0 radical (unpaired) electrons. The number of methoxy groups -OCH3 is 2. The fraction of sp³-hybridized carbons (Fsp3) is 0.600. The minimum absolute atomic E-state index is 0.0212. The molecule has 0 N–H and O–H groups in total. The first-order valence-electron chi connectivity index (χ1n) is 9.69. The molecule has 0 aliphatic carbocycles. The van der Waals surface area contributed by atoms with E-state index < -0.39 is 30.9 Å². The molecule has 1 aromatic carbocycles. The summed E-state index contributed by atoms with van der Waals surface area (Å²) in [4.78, 5) is 37.7. The quantitative estimate of drug-likeness (QED) is 0.364. The van der Waals surface area contributed by atoms with Gasteiger partial charge < -0.3 is 18.8 Å². The lowest BCUT2D eigenvalue weighted by Gasteiger charge is -2.37. The van der Waals surface area contributed by atoms with Crippen LogP contribution in [0.4, 0.5) is 5.69 Å². The van der Waals surface area contributed by atoms with Crippen LogP contribution >= 0.6 is 0 Å². The van der Waals surface area contributed by atoms with Gasteiger partial charge in [0.2, 0.25) is 0 Å². The number of carbonyl (C=O) groups is 2. The lowest BCUT2D eigenvalue weighted by atomic mass is 10.1. The van der Waals surface area contributed by atoms with Gasteiger partial charge in [0.25, 0.3) is 11.6 Å². The Labute approximate surface area is 177 Å². The number of ketones is 1. The molecule has 1 aliphatic rings. The topological polar surface area (TPSA) is 108 Å². The first kappa shape index (κ1) is 23.8. The zero-order chi connectivity index (χ0) is 22.9. The van der Waals surface area contributed by atoms with Crippen LogP contribution in [-0.4, -0.2) is 63.2 Å². The number of ether oxygens (including phenoxy) is 2. The number of likely N-dealkylation sites (tertiary alicyclic amines) is 1. The average molecular weight is 439 g/mol. The Kier molecular flexibility index (Phi) is 6.93. The number of Topliss-reactive ketones (excluding diaryl/α,β-unsaturated/α-hetero) is 1. The molecule has 1 fully saturated rings. The summed E-state index contributed by atoms with van der Waals surface area (Å²) in [5, 5.41) is 11.6. The number of hydrogen-bond donors (Lipinski definition) is 0. The van der Waals surface area contributed by atoms with E-state index in [9.17, 15) is 19.7 Å². The summed E-state index contributed by atoms with van der Waals surface area (Å²) in [6.45, 7) is 10.6. The van der Waals surface area contributed by atoms with E-state index in [1.165, 1.54) is 25.2 Å². The van der Waals surface area contributed by atoms with Crippen molar-refractivity contribution in [3.8, 4) is 11.5 Å². The van der Waals surface area contributed by atoms with Gasteiger partial charge in [-0.05, 0) is 18.1 Å². The maximum absolute atomic E-state index is 13.2. The van der Waals surface area contributed by atoms with Gasteiger partial charge in [0.1, 0.15) is 5.56 Å². The van der Waals surface area contributed by atoms with Gasteiger partial charge in [-0.3, -0.25) is 19.7 Å². The first-order chi connectivity index (χ1) is 13.8. The molecule has 1 aliphatic heterocycles. The van der Waals surface area contributed by atoms with Crippen LogP contribution in [0, 0.1) is 10.1 Å². The SMILES string of the molecule is COc1cc(C(=O)N2CC(=O)C[C@H]2CO[Si](C)(C)C(C)(C)C)c([N+](=O)[O-])cc1OC. The number of nitro groups is 1.